The molecule has 144 valence electrons. The van der Waals surface area contributed by atoms with Gasteiger partial charge < -0.3 is 4.74 Å². The van der Waals surface area contributed by atoms with Crippen molar-refractivity contribution in [2.45, 2.75) is 12.8 Å². The summed E-state index contributed by atoms with van der Waals surface area (Å²) in [6.45, 7) is 0.290. The van der Waals surface area contributed by atoms with Gasteiger partial charge in [-0.05, 0) is 30.3 Å². The second kappa shape index (κ2) is 8.75. The molecule has 0 saturated heterocycles. The Morgan fingerprint density at radius 3 is 2.50 bits per heavy atom. The van der Waals surface area contributed by atoms with Gasteiger partial charge in [0.05, 0.1) is 11.8 Å². The second-order valence-corrected chi connectivity index (χ2v) is 6.12. The number of halogens is 4. The number of alkyl halides is 3. The van der Waals surface area contributed by atoms with Crippen LogP contribution in [0.2, 0.25) is 5.02 Å². The average Bonchev–Trinajstić information content (AvgIpc) is 2.68. The van der Waals surface area contributed by atoms with Gasteiger partial charge in [0.1, 0.15) is 18.2 Å². The van der Waals surface area contributed by atoms with Gasteiger partial charge in [0.2, 0.25) is 0 Å². The Morgan fingerprint density at radius 1 is 1.04 bits per heavy atom. The number of ether oxygens (including phenoxy) is 1. The van der Waals surface area contributed by atoms with E-state index in [4.69, 9.17) is 16.3 Å². The lowest BCUT2D eigenvalue weighted by Gasteiger charge is -2.10. The molecule has 0 aliphatic heterocycles. The van der Waals surface area contributed by atoms with E-state index >= 15 is 0 Å². The molecule has 3 aromatic rings. The van der Waals surface area contributed by atoms with Gasteiger partial charge in [-0.1, -0.05) is 41.9 Å². The third kappa shape index (κ3) is 5.23. The van der Waals surface area contributed by atoms with E-state index in [0.29, 0.717) is 22.9 Å². The third-order valence-electron chi connectivity index (χ3n) is 3.73. The van der Waals surface area contributed by atoms with Gasteiger partial charge in [-0.15, -0.1) is 0 Å². The summed E-state index contributed by atoms with van der Waals surface area (Å²) in [7, 11) is 0. The van der Waals surface area contributed by atoms with Crippen LogP contribution in [0.3, 0.4) is 0 Å². The fraction of sp³-hybridized carbons (Fsp3) is 0.100. The van der Waals surface area contributed by atoms with Crippen LogP contribution in [0.5, 0.6) is 5.75 Å². The molecule has 3 rings (SSSR count). The number of nitrogens with zero attached hydrogens (tertiary/aromatic N) is 2. The van der Waals surface area contributed by atoms with Gasteiger partial charge in [-0.25, -0.2) is 4.98 Å². The van der Waals surface area contributed by atoms with E-state index in [1.54, 1.807) is 18.2 Å². The highest BCUT2D eigenvalue weighted by Gasteiger charge is 2.30. The van der Waals surface area contributed by atoms with Crippen molar-refractivity contribution >= 4 is 23.6 Å². The van der Waals surface area contributed by atoms with Crippen molar-refractivity contribution in [3.63, 3.8) is 0 Å². The molecule has 0 radical (unpaired) electrons. The standard InChI is InChI=1S/C20H15ClF3N3O/c21-17-7-3-1-6-15(17)13-28-18-8-4-2-5-14(18)11-26-27-19-10-9-16(12-25-19)20(22,23)24/h1-12H,13H2,(H,25,27)/b26-11-. The monoisotopic (exact) mass is 405 g/mol. The summed E-state index contributed by atoms with van der Waals surface area (Å²) >= 11 is 6.13. The van der Waals surface area contributed by atoms with Crippen molar-refractivity contribution in [3.8, 4) is 5.75 Å². The largest absolute Gasteiger partial charge is 0.488 e. The fourth-order valence-electron chi connectivity index (χ4n) is 2.29. The van der Waals surface area contributed by atoms with Crippen molar-refractivity contribution in [2.75, 3.05) is 5.43 Å². The minimum Gasteiger partial charge on any atom is -0.488 e. The molecule has 0 unspecified atom stereocenters. The average molecular weight is 406 g/mol. The highest BCUT2D eigenvalue weighted by atomic mass is 35.5. The molecule has 2 aromatic carbocycles. The lowest BCUT2D eigenvalue weighted by molar-refractivity contribution is -0.137. The Hall–Kier alpha value is -3.06. The van der Waals surface area contributed by atoms with Crippen molar-refractivity contribution in [1.82, 2.24) is 4.98 Å². The van der Waals surface area contributed by atoms with E-state index in [2.05, 4.69) is 15.5 Å². The molecule has 0 aliphatic carbocycles. The number of benzene rings is 2. The molecule has 28 heavy (non-hydrogen) atoms. The first kappa shape index (κ1) is 19.7. The Kier molecular flexibility index (Phi) is 6.16. The van der Waals surface area contributed by atoms with Gasteiger partial charge in [0, 0.05) is 22.3 Å². The summed E-state index contributed by atoms with van der Waals surface area (Å²) in [5.41, 5.74) is 3.32. The SMILES string of the molecule is FC(F)(F)c1ccc(N/N=C\c2ccccc2OCc2ccccc2Cl)nc1. The zero-order valence-corrected chi connectivity index (χ0v) is 15.2. The Morgan fingerprint density at radius 2 is 1.79 bits per heavy atom. The van der Waals surface area contributed by atoms with E-state index in [-0.39, 0.29) is 5.82 Å². The number of nitrogens with one attached hydrogen (secondary N) is 1. The van der Waals surface area contributed by atoms with Crippen LogP contribution in [0.4, 0.5) is 19.0 Å². The van der Waals surface area contributed by atoms with Gasteiger partial charge in [0.15, 0.2) is 0 Å². The van der Waals surface area contributed by atoms with Gasteiger partial charge >= 0.3 is 6.18 Å². The fourth-order valence-corrected chi connectivity index (χ4v) is 2.48. The van der Waals surface area contributed by atoms with Crippen LogP contribution in [-0.2, 0) is 12.8 Å². The Balaban J connectivity index is 1.65. The quantitative estimate of drug-likeness (QED) is 0.417. The lowest BCUT2D eigenvalue weighted by atomic mass is 10.2. The normalized spacial score (nSPS) is 11.6. The number of aromatic nitrogens is 1. The number of hydrogen-bond donors (Lipinski definition) is 1. The lowest BCUT2D eigenvalue weighted by Crippen LogP contribution is -2.05. The molecular formula is C20H15ClF3N3O. The molecular weight excluding hydrogens is 391 g/mol. The number of hydrazone groups is 1. The number of hydrogen-bond acceptors (Lipinski definition) is 4. The summed E-state index contributed by atoms with van der Waals surface area (Å²) in [4.78, 5) is 3.69. The minimum absolute atomic E-state index is 0.193. The maximum atomic E-state index is 12.5. The first-order valence-electron chi connectivity index (χ1n) is 8.21. The van der Waals surface area contributed by atoms with Crippen LogP contribution in [0.15, 0.2) is 72.0 Å². The predicted molar refractivity (Wildman–Crippen MR) is 103 cm³/mol. The zero-order valence-electron chi connectivity index (χ0n) is 14.4. The molecule has 0 fully saturated rings. The highest BCUT2D eigenvalue weighted by Crippen LogP contribution is 2.28. The molecule has 0 bridgehead atoms. The summed E-state index contributed by atoms with van der Waals surface area (Å²) in [6.07, 6.45) is -2.17. The first-order valence-corrected chi connectivity index (χ1v) is 8.59. The first-order chi connectivity index (χ1) is 13.4. The van der Waals surface area contributed by atoms with Crippen LogP contribution in [0, 0.1) is 0 Å². The summed E-state index contributed by atoms with van der Waals surface area (Å²) in [5.74, 6) is 0.784. The van der Waals surface area contributed by atoms with Crippen molar-refractivity contribution in [2.24, 2.45) is 5.10 Å². The number of para-hydroxylation sites is 1. The molecule has 0 amide bonds. The maximum Gasteiger partial charge on any atom is 0.417 e. The summed E-state index contributed by atoms with van der Waals surface area (Å²) < 4.78 is 43.5. The van der Waals surface area contributed by atoms with Crippen molar-refractivity contribution < 1.29 is 17.9 Å². The van der Waals surface area contributed by atoms with Crippen LogP contribution in [0.25, 0.3) is 0 Å². The maximum absolute atomic E-state index is 12.5. The Bertz CT molecular complexity index is 959. The van der Waals surface area contributed by atoms with E-state index in [0.717, 1.165) is 17.8 Å². The summed E-state index contributed by atoms with van der Waals surface area (Å²) in [6, 6.07) is 16.7. The van der Waals surface area contributed by atoms with Crippen LogP contribution >= 0.6 is 11.6 Å². The van der Waals surface area contributed by atoms with Crippen molar-refractivity contribution in [1.29, 1.82) is 0 Å². The molecule has 0 saturated carbocycles. The zero-order chi connectivity index (χ0) is 20.0. The van der Waals surface area contributed by atoms with E-state index in [1.165, 1.54) is 12.3 Å². The smallest absolute Gasteiger partial charge is 0.417 e. The number of rotatable bonds is 6. The second-order valence-electron chi connectivity index (χ2n) is 5.72. The minimum atomic E-state index is -4.42. The molecule has 8 heteroatoms. The number of anilines is 1. The molecule has 1 heterocycles. The van der Waals surface area contributed by atoms with E-state index < -0.39 is 11.7 Å². The van der Waals surface area contributed by atoms with E-state index in [9.17, 15) is 13.2 Å². The van der Waals surface area contributed by atoms with Gasteiger partial charge in [-0.2, -0.15) is 18.3 Å². The van der Waals surface area contributed by atoms with Crippen LogP contribution < -0.4 is 10.2 Å². The van der Waals surface area contributed by atoms with Gasteiger partial charge in [0.25, 0.3) is 0 Å². The third-order valence-corrected chi connectivity index (χ3v) is 4.10. The Labute approximate surface area is 164 Å². The topological polar surface area (TPSA) is 46.5 Å². The van der Waals surface area contributed by atoms with E-state index in [1.807, 2.05) is 30.3 Å². The molecule has 4 nitrogen and oxygen atoms in total. The summed E-state index contributed by atoms with van der Waals surface area (Å²) in [5, 5.41) is 4.63. The number of pyridine rings is 1. The van der Waals surface area contributed by atoms with Crippen LogP contribution in [0.1, 0.15) is 16.7 Å². The van der Waals surface area contributed by atoms with Crippen LogP contribution in [-0.4, -0.2) is 11.2 Å². The molecule has 0 spiro atoms. The van der Waals surface area contributed by atoms with Crippen molar-refractivity contribution in [3.05, 3.63) is 88.6 Å². The predicted octanol–water partition coefficient (Wildman–Crippen LogP) is 5.78. The molecule has 0 aliphatic rings. The molecule has 0 atom stereocenters. The van der Waals surface area contributed by atoms with Gasteiger partial charge in [-0.3, -0.25) is 5.43 Å². The molecule has 1 aromatic heterocycles. The molecule has 1 N–H and O–H groups in total. The highest BCUT2D eigenvalue weighted by molar-refractivity contribution is 6.31.